The highest BCUT2D eigenvalue weighted by Crippen LogP contribution is 2.25. The Labute approximate surface area is 132 Å². The minimum absolute atomic E-state index is 0.154. The van der Waals surface area contributed by atoms with E-state index in [1.54, 1.807) is 18.2 Å². The molecule has 1 amide bonds. The number of benzene rings is 1. The van der Waals surface area contributed by atoms with E-state index in [0.717, 1.165) is 10.9 Å². The van der Waals surface area contributed by atoms with Gasteiger partial charge in [0.2, 0.25) is 5.56 Å². The summed E-state index contributed by atoms with van der Waals surface area (Å²) in [5.74, 6) is -0.111. The molecule has 6 heteroatoms. The van der Waals surface area contributed by atoms with Crippen molar-refractivity contribution < 1.29 is 4.79 Å². The lowest BCUT2D eigenvalue weighted by Gasteiger charge is -2.11. The van der Waals surface area contributed by atoms with Gasteiger partial charge in [0.25, 0.3) is 5.91 Å². The van der Waals surface area contributed by atoms with Crippen LogP contribution in [0.4, 0.5) is 5.69 Å². The van der Waals surface area contributed by atoms with Gasteiger partial charge < -0.3 is 10.3 Å². The number of pyridine rings is 1. The molecule has 116 valence electrons. The number of H-pyrrole nitrogens is 1. The van der Waals surface area contributed by atoms with E-state index in [-0.39, 0.29) is 23.1 Å². The quantitative estimate of drug-likeness (QED) is 0.778. The van der Waals surface area contributed by atoms with E-state index in [2.05, 4.69) is 20.3 Å². The molecular formula is C17H16N4O2. The van der Waals surface area contributed by atoms with Crippen molar-refractivity contribution in [1.82, 2.24) is 15.0 Å². The summed E-state index contributed by atoms with van der Waals surface area (Å²) in [5.41, 5.74) is 2.34. The summed E-state index contributed by atoms with van der Waals surface area (Å²) in [6.07, 6.45) is 4.36. The maximum Gasteiger partial charge on any atom is 0.275 e. The number of anilines is 1. The van der Waals surface area contributed by atoms with Crippen LogP contribution in [-0.4, -0.2) is 20.9 Å². The first-order valence-corrected chi connectivity index (χ1v) is 7.29. The zero-order valence-corrected chi connectivity index (χ0v) is 12.8. The third-order valence-electron chi connectivity index (χ3n) is 3.55. The number of nitrogens with zero attached hydrogens (tertiary/aromatic N) is 2. The summed E-state index contributed by atoms with van der Waals surface area (Å²) < 4.78 is 0. The number of rotatable bonds is 3. The van der Waals surface area contributed by atoms with E-state index in [1.165, 1.54) is 18.6 Å². The number of amides is 1. The lowest BCUT2D eigenvalue weighted by atomic mass is 9.99. The van der Waals surface area contributed by atoms with Crippen molar-refractivity contribution in [3.8, 4) is 0 Å². The summed E-state index contributed by atoms with van der Waals surface area (Å²) >= 11 is 0. The molecule has 0 bridgehead atoms. The van der Waals surface area contributed by atoms with Crippen LogP contribution in [0.5, 0.6) is 0 Å². The molecule has 2 N–H and O–H groups in total. The molecule has 0 radical (unpaired) electrons. The van der Waals surface area contributed by atoms with Gasteiger partial charge in [-0.05, 0) is 23.6 Å². The summed E-state index contributed by atoms with van der Waals surface area (Å²) in [5, 5.41) is 3.72. The van der Waals surface area contributed by atoms with Gasteiger partial charge in [0.15, 0.2) is 0 Å². The van der Waals surface area contributed by atoms with E-state index in [9.17, 15) is 9.59 Å². The zero-order chi connectivity index (χ0) is 16.4. The first kappa shape index (κ1) is 14.9. The molecule has 6 nitrogen and oxygen atoms in total. The van der Waals surface area contributed by atoms with E-state index in [0.29, 0.717) is 11.2 Å². The maximum atomic E-state index is 12.1. The highest BCUT2D eigenvalue weighted by Gasteiger charge is 2.10. The van der Waals surface area contributed by atoms with Gasteiger partial charge in [-0.25, -0.2) is 4.98 Å². The Hall–Kier alpha value is -3.02. The number of hydrogen-bond donors (Lipinski definition) is 2. The van der Waals surface area contributed by atoms with Gasteiger partial charge in [-0.15, -0.1) is 0 Å². The standard InChI is InChI=1S/C17H16N4O2/c1-10(2)13-8-16(22)21-14-7-11(3-4-12(13)14)20-17(23)15-9-18-5-6-19-15/h3-10H,1-2H3,(H,20,23)(H,21,22). The predicted octanol–water partition coefficient (Wildman–Crippen LogP) is 2.69. The smallest absolute Gasteiger partial charge is 0.275 e. The van der Waals surface area contributed by atoms with E-state index in [1.807, 2.05) is 19.9 Å². The fourth-order valence-electron chi connectivity index (χ4n) is 2.45. The molecule has 3 aromatic rings. The van der Waals surface area contributed by atoms with Crippen LogP contribution in [0.25, 0.3) is 10.9 Å². The average molecular weight is 308 g/mol. The van der Waals surface area contributed by atoms with Gasteiger partial charge in [-0.1, -0.05) is 19.9 Å². The van der Waals surface area contributed by atoms with Gasteiger partial charge in [-0.2, -0.15) is 0 Å². The second kappa shape index (κ2) is 6.00. The molecule has 2 aromatic heterocycles. The van der Waals surface area contributed by atoms with Crippen molar-refractivity contribution >= 4 is 22.5 Å². The normalized spacial score (nSPS) is 10.9. The fraction of sp³-hybridized carbons (Fsp3) is 0.176. The molecule has 0 fully saturated rings. The Morgan fingerprint density at radius 1 is 1.22 bits per heavy atom. The third kappa shape index (κ3) is 3.11. The molecule has 0 atom stereocenters. The summed E-state index contributed by atoms with van der Waals surface area (Å²) in [6, 6.07) is 7.06. The molecule has 0 saturated carbocycles. The first-order valence-electron chi connectivity index (χ1n) is 7.29. The van der Waals surface area contributed by atoms with Crippen LogP contribution >= 0.6 is 0 Å². The Morgan fingerprint density at radius 2 is 2.04 bits per heavy atom. The van der Waals surface area contributed by atoms with E-state index < -0.39 is 0 Å². The van der Waals surface area contributed by atoms with Crippen LogP contribution in [0.15, 0.2) is 47.7 Å². The number of nitrogens with one attached hydrogen (secondary N) is 2. The lowest BCUT2D eigenvalue weighted by molar-refractivity contribution is 0.102. The Bertz CT molecular complexity index is 917. The molecule has 0 saturated heterocycles. The Morgan fingerprint density at radius 3 is 2.74 bits per heavy atom. The summed E-state index contributed by atoms with van der Waals surface area (Å²) in [4.78, 5) is 34.5. The number of aromatic amines is 1. The molecule has 3 rings (SSSR count). The largest absolute Gasteiger partial charge is 0.322 e. The molecular weight excluding hydrogens is 292 g/mol. The van der Waals surface area contributed by atoms with Crippen LogP contribution in [0.3, 0.4) is 0 Å². The second-order valence-corrected chi connectivity index (χ2v) is 5.55. The minimum Gasteiger partial charge on any atom is -0.322 e. The van der Waals surface area contributed by atoms with Crippen molar-refractivity contribution in [3.05, 3.63) is 64.5 Å². The van der Waals surface area contributed by atoms with E-state index >= 15 is 0 Å². The van der Waals surface area contributed by atoms with Crippen LogP contribution in [0.2, 0.25) is 0 Å². The van der Waals surface area contributed by atoms with Crippen molar-refractivity contribution in [2.75, 3.05) is 5.32 Å². The second-order valence-electron chi connectivity index (χ2n) is 5.55. The number of carbonyl (C=O) groups is 1. The number of aromatic nitrogens is 3. The maximum absolute atomic E-state index is 12.1. The Kier molecular flexibility index (Phi) is 3.89. The van der Waals surface area contributed by atoms with E-state index in [4.69, 9.17) is 0 Å². The highest BCUT2D eigenvalue weighted by atomic mass is 16.2. The molecule has 23 heavy (non-hydrogen) atoms. The van der Waals surface area contributed by atoms with Gasteiger partial charge >= 0.3 is 0 Å². The summed E-state index contributed by atoms with van der Waals surface area (Å²) in [7, 11) is 0. The van der Waals surface area contributed by atoms with Gasteiger partial charge in [0.05, 0.1) is 11.7 Å². The first-order chi connectivity index (χ1) is 11.0. The number of hydrogen-bond acceptors (Lipinski definition) is 4. The highest BCUT2D eigenvalue weighted by molar-refractivity contribution is 6.03. The SMILES string of the molecule is CC(C)c1cc(=O)[nH]c2cc(NC(=O)c3cnccn3)ccc12. The average Bonchev–Trinajstić information content (AvgIpc) is 2.54. The van der Waals surface area contributed by atoms with Crippen LogP contribution in [0.1, 0.15) is 35.8 Å². The third-order valence-corrected chi connectivity index (χ3v) is 3.55. The van der Waals surface area contributed by atoms with Gasteiger partial charge in [0.1, 0.15) is 5.69 Å². The summed E-state index contributed by atoms with van der Waals surface area (Å²) in [6.45, 7) is 4.08. The molecule has 0 spiro atoms. The van der Waals surface area contributed by atoms with Crippen molar-refractivity contribution in [3.63, 3.8) is 0 Å². The molecule has 2 heterocycles. The van der Waals surface area contributed by atoms with Crippen molar-refractivity contribution in [1.29, 1.82) is 0 Å². The van der Waals surface area contributed by atoms with Crippen LogP contribution < -0.4 is 10.9 Å². The lowest BCUT2D eigenvalue weighted by Crippen LogP contribution is -2.14. The number of fused-ring (bicyclic) bond motifs is 1. The van der Waals surface area contributed by atoms with Crippen molar-refractivity contribution in [2.45, 2.75) is 19.8 Å². The minimum atomic E-state index is -0.347. The number of carbonyl (C=O) groups excluding carboxylic acids is 1. The predicted molar refractivity (Wildman–Crippen MR) is 88.6 cm³/mol. The Balaban J connectivity index is 1.98. The van der Waals surface area contributed by atoms with Crippen molar-refractivity contribution in [2.24, 2.45) is 0 Å². The monoisotopic (exact) mass is 308 g/mol. The zero-order valence-electron chi connectivity index (χ0n) is 12.8. The topological polar surface area (TPSA) is 87.7 Å². The van der Waals surface area contributed by atoms with Crippen LogP contribution in [-0.2, 0) is 0 Å². The molecule has 0 aliphatic carbocycles. The van der Waals surface area contributed by atoms with Crippen LogP contribution in [0, 0.1) is 0 Å². The molecule has 1 aromatic carbocycles. The molecule has 0 unspecified atom stereocenters. The van der Waals surface area contributed by atoms with Gasteiger partial charge in [-0.3, -0.25) is 14.6 Å². The molecule has 0 aliphatic heterocycles. The fourth-order valence-corrected chi connectivity index (χ4v) is 2.45. The molecule has 0 aliphatic rings. The van der Waals surface area contributed by atoms with Gasteiger partial charge in [0, 0.05) is 29.5 Å².